The van der Waals surface area contributed by atoms with Gasteiger partial charge in [0.1, 0.15) is 5.65 Å². The quantitative estimate of drug-likeness (QED) is 0.799. The maximum absolute atomic E-state index is 6.06. The first-order chi connectivity index (χ1) is 10.1. The zero-order valence-electron chi connectivity index (χ0n) is 12.0. The van der Waals surface area contributed by atoms with Gasteiger partial charge in [0, 0.05) is 35.4 Å². The molecule has 0 fully saturated rings. The van der Waals surface area contributed by atoms with Crippen LogP contribution in [0.3, 0.4) is 0 Å². The van der Waals surface area contributed by atoms with Crippen molar-refractivity contribution >= 4 is 22.6 Å². The predicted molar refractivity (Wildman–Crippen MR) is 87.6 cm³/mol. The summed E-state index contributed by atoms with van der Waals surface area (Å²) in [5.74, 6) is 0. The molecule has 0 amide bonds. The van der Waals surface area contributed by atoms with Gasteiger partial charge in [0.15, 0.2) is 0 Å². The highest BCUT2D eigenvalue weighted by Gasteiger charge is 2.11. The number of nitrogens with zero attached hydrogens (tertiary/aromatic N) is 2. The molecule has 3 rings (SSSR count). The van der Waals surface area contributed by atoms with E-state index in [1.54, 1.807) is 0 Å². The van der Waals surface area contributed by atoms with Crippen LogP contribution in [0.5, 0.6) is 0 Å². The molecule has 0 aliphatic rings. The number of rotatable bonds is 4. The van der Waals surface area contributed by atoms with Gasteiger partial charge in [-0.05, 0) is 48.7 Å². The van der Waals surface area contributed by atoms with Crippen molar-refractivity contribution in [3.05, 3.63) is 64.9 Å². The summed E-state index contributed by atoms with van der Waals surface area (Å²) in [6, 6.07) is 12.1. The number of hydrogen-bond acceptors (Lipinski definition) is 2. The Hall–Kier alpha value is -1.84. The highest BCUT2D eigenvalue weighted by atomic mass is 35.5. The molecule has 2 N–H and O–H groups in total. The zero-order valence-corrected chi connectivity index (χ0v) is 12.7. The van der Waals surface area contributed by atoms with Gasteiger partial charge in [-0.1, -0.05) is 23.7 Å². The van der Waals surface area contributed by atoms with Crippen LogP contribution in [0.4, 0.5) is 0 Å². The third kappa shape index (κ3) is 3.09. The minimum atomic E-state index is 0.135. The molecule has 0 saturated carbocycles. The van der Waals surface area contributed by atoms with Gasteiger partial charge in [0.2, 0.25) is 0 Å². The molecule has 0 radical (unpaired) electrons. The van der Waals surface area contributed by atoms with Crippen molar-refractivity contribution in [2.45, 2.75) is 25.9 Å². The van der Waals surface area contributed by atoms with Crippen molar-refractivity contribution in [2.24, 2.45) is 5.73 Å². The van der Waals surface area contributed by atoms with Crippen LogP contribution < -0.4 is 5.73 Å². The second-order valence-corrected chi connectivity index (χ2v) is 5.90. The van der Waals surface area contributed by atoms with Gasteiger partial charge in [0.25, 0.3) is 0 Å². The number of hydrogen-bond donors (Lipinski definition) is 1. The smallest absolute Gasteiger partial charge is 0.140 e. The molecule has 2 heterocycles. The minimum absolute atomic E-state index is 0.135. The van der Waals surface area contributed by atoms with Crippen LogP contribution in [-0.4, -0.2) is 15.6 Å². The summed E-state index contributed by atoms with van der Waals surface area (Å²) in [7, 11) is 0. The number of halogens is 1. The molecule has 1 atom stereocenters. The van der Waals surface area contributed by atoms with Crippen molar-refractivity contribution in [3.8, 4) is 0 Å². The van der Waals surface area contributed by atoms with E-state index in [2.05, 4.69) is 27.9 Å². The Morgan fingerprint density at radius 2 is 2.14 bits per heavy atom. The van der Waals surface area contributed by atoms with Crippen LogP contribution >= 0.6 is 11.6 Å². The first-order valence-electron chi connectivity index (χ1n) is 7.06. The second-order valence-electron chi connectivity index (χ2n) is 5.47. The average molecular weight is 300 g/mol. The molecule has 21 heavy (non-hydrogen) atoms. The first-order valence-corrected chi connectivity index (χ1v) is 7.44. The first kappa shape index (κ1) is 14.1. The fourth-order valence-electron chi connectivity index (χ4n) is 2.66. The molecule has 0 aliphatic carbocycles. The number of fused-ring (bicyclic) bond motifs is 1. The molecule has 0 spiro atoms. The number of pyridine rings is 1. The highest BCUT2D eigenvalue weighted by Crippen LogP contribution is 2.22. The van der Waals surface area contributed by atoms with Crippen LogP contribution in [-0.2, 0) is 13.0 Å². The van der Waals surface area contributed by atoms with Crippen LogP contribution in [0.1, 0.15) is 18.1 Å². The average Bonchev–Trinajstić information content (AvgIpc) is 2.77. The summed E-state index contributed by atoms with van der Waals surface area (Å²) >= 11 is 6.06. The molecular formula is C17H18ClN3. The Bertz CT molecular complexity index is 762. The molecule has 3 nitrogen and oxygen atoms in total. The molecular weight excluding hydrogens is 282 g/mol. The Morgan fingerprint density at radius 1 is 1.29 bits per heavy atom. The monoisotopic (exact) mass is 299 g/mol. The normalized spacial score (nSPS) is 12.7. The van der Waals surface area contributed by atoms with Gasteiger partial charge in [-0.3, -0.25) is 0 Å². The maximum atomic E-state index is 6.06. The molecule has 0 saturated heterocycles. The number of benzene rings is 1. The highest BCUT2D eigenvalue weighted by molar-refractivity contribution is 6.30. The number of nitrogens with two attached hydrogens (primary N) is 1. The molecule has 4 heteroatoms. The molecule has 108 valence electrons. The molecule has 0 aliphatic heterocycles. The summed E-state index contributed by atoms with van der Waals surface area (Å²) < 4.78 is 2.17. The van der Waals surface area contributed by atoms with Gasteiger partial charge in [0.05, 0.1) is 0 Å². The largest absolute Gasteiger partial charge is 0.328 e. The zero-order chi connectivity index (χ0) is 14.8. The van der Waals surface area contributed by atoms with Gasteiger partial charge in [-0.2, -0.15) is 0 Å². The van der Waals surface area contributed by atoms with E-state index in [1.165, 1.54) is 10.9 Å². The number of aromatic nitrogens is 2. The Kier molecular flexibility index (Phi) is 3.95. The molecule has 1 aromatic carbocycles. The van der Waals surface area contributed by atoms with Crippen molar-refractivity contribution in [2.75, 3.05) is 0 Å². The van der Waals surface area contributed by atoms with Gasteiger partial charge in [-0.25, -0.2) is 4.98 Å². The van der Waals surface area contributed by atoms with Gasteiger partial charge >= 0.3 is 0 Å². The van der Waals surface area contributed by atoms with E-state index < -0.39 is 0 Å². The van der Waals surface area contributed by atoms with E-state index in [0.29, 0.717) is 0 Å². The molecule has 1 unspecified atom stereocenters. The van der Waals surface area contributed by atoms with Crippen LogP contribution in [0.15, 0.2) is 48.8 Å². The van der Waals surface area contributed by atoms with Crippen LogP contribution in [0, 0.1) is 0 Å². The fraction of sp³-hybridized carbons (Fsp3) is 0.235. The molecule has 3 aromatic rings. The van der Waals surface area contributed by atoms with Gasteiger partial charge in [-0.15, -0.1) is 0 Å². The van der Waals surface area contributed by atoms with E-state index in [1.807, 2.05) is 37.4 Å². The SMILES string of the molecule is CC(N)Cc1cn(Cc2cccc(Cl)c2)c2ncccc12. The van der Waals surface area contributed by atoms with Gasteiger partial charge < -0.3 is 10.3 Å². The summed E-state index contributed by atoms with van der Waals surface area (Å²) in [5.41, 5.74) is 9.35. The van der Waals surface area contributed by atoms with E-state index in [-0.39, 0.29) is 6.04 Å². The summed E-state index contributed by atoms with van der Waals surface area (Å²) in [5, 5.41) is 1.93. The summed E-state index contributed by atoms with van der Waals surface area (Å²) in [6.45, 7) is 2.78. The summed E-state index contributed by atoms with van der Waals surface area (Å²) in [6.07, 6.45) is 4.83. The molecule has 2 aromatic heterocycles. The third-order valence-electron chi connectivity index (χ3n) is 3.50. The van der Waals surface area contributed by atoms with Crippen molar-refractivity contribution in [1.29, 1.82) is 0 Å². The lowest BCUT2D eigenvalue weighted by Gasteiger charge is -2.05. The minimum Gasteiger partial charge on any atom is -0.328 e. The Balaban J connectivity index is 2.02. The van der Waals surface area contributed by atoms with Crippen LogP contribution in [0.25, 0.3) is 11.0 Å². The van der Waals surface area contributed by atoms with Crippen LogP contribution in [0.2, 0.25) is 5.02 Å². The van der Waals surface area contributed by atoms with Crippen molar-refractivity contribution in [3.63, 3.8) is 0 Å². The Labute approximate surface area is 129 Å². The van der Waals surface area contributed by atoms with Crippen molar-refractivity contribution < 1.29 is 0 Å². The lowest BCUT2D eigenvalue weighted by molar-refractivity contribution is 0.734. The maximum Gasteiger partial charge on any atom is 0.140 e. The second kappa shape index (κ2) is 5.88. The third-order valence-corrected chi connectivity index (χ3v) is 3.74. The van der Waals surface area contributed by atoms with E-state index in [9.17, 15) is 0 Å². The van der Waals surface area contributed by atoms with Crippen molar-refractivity contribution in [1.82, 2.24) is 9.55 Å². The lowest BCUT2D eigenvalue weighted by Crippen LogP contribution is -2.17. The predicted octanol–water partition coefficient (Wildman–Crippen LogP) is 3.63. The molecule has 0 bridgehead atoms. The van der Waals surface area contributed by atoms with E-state index in [4.69, 9.17) is 17.3 Å². The summed E-state index contributed by atoms with van der Waals surface area (Å²) in [4.78, 5) is 4.52. The lowest BCUT2D eigenvalue weighted by atomic mass is 10.1. The van der Waals surface area contributed by atoms with E-state index in [0.717, 1.165) is 29.2 Å². The fourth-order valence-corrected chi connectivity index (χ4v) is 2.87. The topological polar surface area (TPSA) is 43.8 Å². The standard InChI is InChI=1S/C17H18ClN3/c1-12(19)8-14-11-21(17-16(14)6-3-7-20-17)10-13-4-2-5-15(18)9-13/h2-7,9,11-12H,8,10,19H2,1H3. The Morgan fingerprint density at radius 3 is 2.90 bits per heavy atom. The van der Waals surface area contributed by atoms with E-state index >= 15 is 0 Å².